The fourth-order valence-electron chi connectivity index (χ4n) is 2.21. The van der Waals surface area contributed by atoms with Crippen LogP contribution in [0, 0.1) is 5.92 Å². The van der Waals surface area contributed by atoms with Gasteiger partial charge in [0.05, 0.1) is 0 Å². The third kappa shape index (κ3) is 4.55. The average Bonchev–Trinajstić information content (AvgIpc) is 2.94. The summed E-state index contributed by atoms with van der Waals surface area (Å²) in [5.74, 6) is 0.140. The van der Waals surface area contributed by atoms with Crippen LogP contribution in [0.5, 0.6) is 5.75 Å². The van der Waals surface area contributed by atoms with E-state index >= 15 is 0 Å². The molecule has 0 saturated carbocycles. The van der Waals surface area contributed by atoms with Crippen LogP contribution in [0.25, 0.3) is 0 Å². The van der Waals surface area contributed by atoms with E-state index in [2.05, 4.69) is 31.1 Å². The first kappa shape index (κ1) is 17.0. The van der Waals surface area contributed by atoms with Gasteiger partial charge in [0.15, 0.2) is 5.69 Å². The predicted molar refractivity (Wildman–Crippen MR) is 86.6 cm³/mol. The lowest BCUT2D eigenvalue weighted by molar-refractivity contribution is 0.0687. The Hall–Kier alpha value is -2.37. The van der Waals surface area contributed by atoms with E-state index in [9.17, 15) is 9.90 Å². The van der Waals surface area contributed by atoms with Gasteiger partial charge in [-0.15, -0.1) is 5.10 Å². The molecule has 0 fully saturated rings. The Bertz CT molecular complexity index is 665. The van der Waals surface area contributed by atoms with Gasteiger partial charge in [0, 0.05) is 6.54 Å². The van der Waals surface area contributed by atoms with E-state index in [0.717, 1.165) is 18.6 Å². The molecule has 0 aliphatic carbocycles. The van der Waals surface area contributed by atoms with E-state index in [1.807, 2.05) is 24.3 Å². The van der Waals surface area contributed by atoms with Gasteiger partial charge >= 0.3 is 5.97 Å². The summed E-state index contributed by atoms with van der Waals surface area (Å²) in [6.07, 6.45) is 1.83. The van der Waals surface area contributed by atoms with Crippen molar-refractivity contribution in [1.82, 2.24) is 15.0 Å². The second-order valence-corrected chi connectivity index (χ2v) is 5.89. The third-order valence-electron chi connectivity index (χ3n) is 3.64. The monoisotopic (exact) mass is 317 g/mol. The van der Waals surface area contributed by atoms with Crippen LogP contribution in [0.1, 0.15) is 48.9 Å². The maximum atomic E-state index is 11.3. The van der Waals surface area contributed by atoms with Gasteiger partial charge in [-0.1, -0.05) is 38.1 Å². The zero-order chi connectivity index (χ0) is 16.8. The predicted octanol–water partition coefficient (Wildman–Crippen LogP) is 3.16. The molecule has 6 heteroatoms. The highest BCUT2D eigenvalue weighted by Crippen LogP contribution is 2.17. The molecule has 1 aromatic carbocycles. The van der Waals surface area contributed by atoms with Gasteiger partial charge in [0.1, 0.15) is 18.1 Å². The maximum absolute atomic E-state index is 11.3. The second-order valence-electron chi connectivity index (χ2n) is 5.89. The van der Waals surface area contributed by atoms with Gasteiger partial charge in [-0.3, -0.25) is 0 Å². The summed E-state index contributed by atoms with van der Waals surface area (Å²) in [7, 11) is 0. The highest BCUT2D eigenvalue weighted by molar-refractivity contribution is 5.86. The average molecular weight is 317 g/mol. The number of carboxylic acid groups (broad SMARTS) is 1. The van der Waals surface area contributed by atoms with Crippen molar-refractivity contribution < 1.29 is 14.6 Å². The number of hydrogen-bond acceptors (Lipinski definition) is 4. The van der Waals surface area contributed by atoms with Crippen molar-refractivity contribution in [2.45, 2.75) is 46.8 Å². The molecule has 2 aromatic rings. The van der Waals surface area contributed by atoms with E-state index < -0.39 is 5.97 Å². The van der Waals surface area contributed by atoms with Crippen LogP contribution < -0.4 is 4.74 Å². The Morgan fingerprint density at radius 1 is 1.39 bits per heavy atom. The molecule has 0 amide bonds. The molecule has 0 atom stereocenters. The summed E-state index contributed by atoms with van der Waals surface area (Å²) in [5.41, 5.74) is 1.63. The summed E-state index contributed by atoms with van der Waals surface area (Å²) in [6.45, 7) is 7.07. The molecule has 0 saturated heterocycles. The molecule has 1 heterocycles. The Labute approximate surface area is 136 Å². The lowest BCUT2D eigenvalue weighted by Crippen LogP contribution is -2.12. The molecule has 0 aliphatic rings. The summed E-state index contributed by atoms with van der Waals surface area (Å²) >= 11 is 0. The number of aromatic carboxylic acids is 1. The van der Waals surface area contributed by atoms with Gasteiger partial charge in [-0.25, -0.2) is 9.48 Å². The molecule has 0 radical (unpaired) electrons. The minimum absolute atomic E-state index is 0.0413. The van der Waals surface area contributed by atoms with Crippen molar-refractivity contribution in [2.24, 2.45) is 5.92 Å². The van der Waals surface area contributed by atoms with Crippen LogP contribution in [-0.2, 0) is 19.6 Å². The Kier molecular flexibility index (Phi) is 5.73. The zero-order valence-electron chi connectivity index (χ0n) is 13.8. The van der Waals surface area contributed by atoms with Crippen LogP contribution in [0.2, 0.25) is 0 Å². The maximum Gasteiger partial charge on any atom is 0.358 e. The van der Waals surface area contributed by atoms with E-state index in [0.29, 0.717) is 18.2 Å². The largest absolute Gasteiger partial charge is 0.487 e. The number of nitrogens with zero attached hydrogens (tertiary/aromatic N) is 3. The van der Waals surface area contributed by atoms with Crippen LogP contribution in [0.3, 0.4) is 0 Å². The fourth-order valence-corrected chi connectivity index (χ4v) is 2.21. The molecule has 0 bridgehead atoms. The fraction of sp³-hybridized carbons (Fsp3) is 0.471. The normalized spacial score (nSPS) is 11.0. The summed E-state index contributed by atoms with van der Waals surface area (Å²) in [6, 6.07) is 7.79. The van der Waals surface area contributed by atoms with Crippen molar-refractivity contribution in [3.8, 4) is 5.75 Å². The van der Waals surface area contributed by atoms with Crippen molar-refractivity contribution in [3.05, 3.63) is 41.2 Å². The summed E-state index contributed by atoms with van der Waals surface area (Å²) < 4.78 is 7.40. The second kappa shape index (κ2) is 7.76. The minimum atomic E-state index is -1.08. The van der Waals surface area contributed by atoms with Crippen molar-refractivity contribution in [2.75, 3.05) is 0 Å². The highest BCUT2D eigenvalue weighted by Gasteiger charge is 2.19. The van der Waals surface area contributed by atoms with Gasteiger partial charge in [-0.2, -0.15) is 0 Å². The number of rotatable bonds is 8. The SMILES string of the molecule is CCc1cccc(OCc2c(C(=O)O)nnn2CCC(C)C)c1. The Balaban J connectivity index is 2.15. The number of aryl methyl sites for hydroxylation is 2. The summed E-state index contributed by atoms with van der Waals surface area (Å²) in [5, 5.41) is 17.0. The van der Waals surface area contributed by atoms with E-state index in [1.54, 1.807) is 4.68 Å². The van der Waals surface area contributed by atoms with E-state index in [-0.39, 0.29) is 12.3 Å². The van der Waals surface area contributed by atoms with E-state index in [1.165, 1.54) is 5.56 Å². The third-order valence-corrected chi connectivity index (χ3v) is 3.64. The van der Waals surface area contributed by atoms with Crippen LogP contribution in [-0.4, -0.2) is 26.1 Å². The quantitative estimate of drug-likeness (QED) is 0.809. The first-order valence-corrected chi connectivity index (χ1v) is 7.88. The minimum Gasteiger partial charge on any atom is -0.487 e. The number of aromatic nitrogens is 3. The zero-order valence-corrected chi connectivity index (χ0v) is 13.8. The summed E-state index contributed by atoms with van der Waals surface area (Å²) in [4.78, 5) is 11.3. The molecule has 23 heavy (non-hydrogen) atoms. The molecule has 6 nitrogen and oxygen atoms in total. The lowest BCUT2D eigenvalue weighted by Gasteiger charge is -2.11. The molecule has 0 spiro atoms. The molecule has 0 aliphatic heterocycles. The van der Waals surface area contributed by atoms with Gasteiger partial charge < -0.3 is 9.84 Å². The van der Waals surface area contributed by atoms with Crippen molar-refractivity contribution >= 4 is 5.97 Å². The first-order chi connectivity index (χ1) is 11.0. The number of benzene rings is 1. The lowest BCUT2D eigenvalue weighted by atomic mass is 10.1. The molecular formula is C17H23N3O3. The number of carbonyl (C=O) groups is 1. The molecule has 2 rings (SSSR count). The standard InChI is InChI=1S/C17H23N3O3/c1-4-13-6-5-7-14(10-13)23-11-15-16(17(21)22)18-19-20(15)9-8-12(2)3/h5-7,10,12H,4,8-9,11H2,1-3H3,(H,21,22). The Morgan fingerprint density at radius 3 is 2.83 bits per heavy atom. The van der Waals surface area contributed by atoms with Crippen molar-refractivity contribution in [3.63, 3.8) is 0 Å². The number of hydrogen-bond donors (Lipinski definition) is 1. The first-order valence-electron chi connectivity index (χ1n) is 7.88. The van der Waals surface area contributed by atoms with Gasteiger partial charge in [-0.05, 0) is 36.5 Å². The Morgan fingerprint density at radius 2 is 2.17 bits per heavy atom. The number of carboxylic acids is 1. The topological polar surface area (TPSA) is 77.2 Å². The molecule has 1 N–H and O–H groups in total. The smallest absolute Gasteiger partial charge is 0.358 e. The number of ether oxygens (including phenoxy) is 1. The van der Waals surface area contributed by atoms with Crippen LogP contribution in [0.15, 0.2) is 24.3 Å². The van der Waals surface area contributed by atoms with Gasteiger partial charge in [0.2, 0.25) is 0 Å². The van der Waals surface area contributed by atoms with Gasteiger partial charge in [0.25, 0.3) is 0 Å². The molecule has 1 aromatic heterocycles. The van der Waals surface area contributed by atoms with Crippen LogP contribution in [0.4, 0.5) is 0 Å². The molecule has 0 unspecified atom stereocenters. The highest BCUT2D eigenvalue weighted by atomic mass is 16.5. The van der Waals surface area contributed by atoms with Crippen molar-refractivity contribution in [1.29, 1.82) is 0 Å². The molecular weight excluding hydrogens is 294 g/mol. The van der Waals surface area contributed by atoms with E-state index in [4.69, 9.17) is 4.74 Å². The molecule has 124 valence electrons. The van der Waals surface area contributed by atoms with Crippen LogP contribution >= 0.6 is 0 Å².